The lowest BCUT2D eigenvalue weighted by Crippen LogP contribution is -2.44. The lowest BCUT2D eigenvalue weighted by atomic mass is 9.98. The molecule has 1 saturated carbocycles. The number of benzene rings is 1. The first kappa shape index (κ1) is 19.4. The number of rotatable bonds is 7. The molecule has 1 spiro atoms. The van der Waals surface area contributed by atoms with Crippen molar-refractivity contribution in [1.29, 1.82) is 0 Å². The topological polar surface area (TPSA) is 78.5 Å². The van der Waals surface area contributed by atoms with Crippen LogP contribution in [0.5, 0.6) is 0 Å². The van der Waals surface area contributed by atoms with Crippen LogP contribution in [0.15, 0.2) is 18.2 Å². The summed E-state index contributed by atoms with van der Waals surface area (Å²) in [6.07, 6.45) is 5.17. The van der Waals surface area contributed by atoms with Gasteiger partial charge in [-0.05, 0) is 50.7 Å². The first-order valence-corrected chi connectivity index (χ1v) is 9.88. The smallest absolute Gasteiger partial charge is 0.325 e. The van der Waals surface area contributed by atoms with Crippen molar-refractivity contribution >= 4 is 17.8 Å². The summed E-state index contributed by atoms with van der Waals surface area (Å²) >= 11 is 0. The van der Waals surface area contributed by atoms with Gasteiger partial charge in [-0.25, -0.2) is 4.79 Å². The van der Waals surface area contributed by atoms with Crippen molar-refractivity contribution in [3.63, 3.8) is 0 Å². The van der Waals surface area contributed by atoms with Crippen molar-refractivity contribution in [2.75, 3.05) is 13.1 Å². The third-order valence-electron chi connectivity index (χ3n) is 5.70. The minimum Gasteiger partial charge on any atom is -0.356 e. The Kier molecular flexibility index (Phi) is 5.82. The van der Waals surface area contributed by atoms with Crippen LogP contribution in [0.25, 0.3) is 0 Å². The maximum absolute atomic E-state index is 12.5. The molecule has 2 aliphatic rings. The molecule has 0 radical (unpaired) electrons. The predicted octanol–water partition coefficient (Wildman–Crippen LogP) is 2.61. The summed E-state index contributed by atoms with van der Waals surface area (Å²) in [5.41, 5.74) is 2.98. The van der Waals surface area contributed by atoms with E-state index in [1.54, 1.807) is 0 Å². The van der Waals surface area contributed by atoms with E-state index in [1.807, 2.05) is 0 Å². The summed E-state index contributed by atoms with van der Waals surface area (Å²) < 4.78 is 0. The number of hydrogen-bond acceptors (Lipinski definition) is 3. The van der Waals surface area contributed by atoms with E-state index >= 15 is 0 Å². The Hall–Kier alpha value is -2.37. The second-order valence-electron chi connectivity index (χ2n) is 7.81. The molecule has 146 valence electrons. The molecule has 1 aliphatic carbocycles. The van der Waals surface area contributed by atoms with Gasteiger partial charge in [-0.2, -0.15) is 0 Å². The van der Waals surface area contributed by atoms with E-state index in [0.717, 1.165) is 25.7 Å². The monoisotopic (exact) mass is 371 g/mol. The molecule has 27 heavy (non-hydrogen) atoms. The number of amides is 4. The normalized spacial score (nSPS) is 18.2. The van der Waals surface area contributed by atoms with Crippen LogP contribution in [-0.4, -0.2) is 41.4 Å². The van der Waals surface area contributed by atoms with Crippen LogP contribution < -0.4 is 10.6 Å². The molecule has 0 aromatic heterocycles. The second kappa shape index (κ2) is 8.11. The van der Waals surface area contributed by atoms with Gasteiger partial charge in [-0.1, -0.05) is 36.6 Å². The van der Waals surface area contributed by atoms with E-state index in [9.17, 15) is 14.4 Å². The van der Waals surface area contributed by atoms with E-state index in [2.05, 4.69) is 42.7 Å². The van der Waals surface area contributed by atoms with Crippen molar-refractivity contribution in [2.24, 2.45) is 0 Å². The molecule has 6 heteroatoms. The molecule has 0 bridgehead atoms. The third kappa shape index (κ3) is 4.31. The maximum Gasteiger partial charge on any atom is 0.325 e. The summed E-state index contributed by atoms with van der Waals surface area (Å²) in [4.78, 5) is 38.0. The fourth-order valence-electron chi connectivity index (χ4n) is 4.12. The Balaban J connectivity index is 1.38. The van der Waals surface area contributed by atoms with Gasteiger partial charge in [0.1, 0.15) is 5.54 Å². The second-order valence-corrected chi connectivity index (χ2v) is 7.81. The Morgan fingerprint density at radius 1 is 1.22 bits per heavy atom. The molecule has 3 rings (SSSR count). The molecule has 1 aromatic carbocycles. The van der Waals surface area contributed by atoms with E-state index in [-0.39, 0.29) is 17.8 Å². The summed E-state index contributed by atoms with van der Waals surface area (Å²) in [6, 6.07) is 5.98. The Labute approximate surface area is 160 Å². The lowest BCUT2D eigenvalue weighted by molar-refractivity contribution is -0.131. The highest BCUT2D eigenvalue weighted by atomic mass is 16.2. The minimum atomic E-state index is -0.647. The largest absolute Gasteiger partial charge is 0.356 e. The first-order valence-electron chi connectivity index (χ1n) is 9.88. The summed E-state index contributed by atoms with van der Waals surface area (Å²) in [5, 5.41) is 5.77. The van der Waals surface area contributed by atoms with Gasteiger partial charge < -0.3 is 10.6 Å². The van der Waals surface area contributed by atoms with Gasteiger partial charge >= 0.3 is 6.03 Å². The van der Waals surface area contributed by atoms with Gasteiger partial charge in [0.05, 0.1) is 0 Å². The number of nitrogens with one attached hydrogen (secondary N) is 2. The van der Waals surface area contributed by atoms with E-state index in [4.69, 9.17) is 0 Å². The number of aryl methyl sites for hydroxylation is 3. The number of urea groups is 1. The van der Waals surface area contributed by atoms with Crippen molar-refractivity contribution < 1.29 is 14.4 Å². The molecule has 2 N–H and O–H groups in total. The average molecular weight is 371 g/mol. The van der Waals surface area contributed by atoms with Gasteiger partial charge in [0, 0.05) is 19.5 Å². The summed E-state index contributed by atoms with van der Waals surface area (Å²) in [7, 11) is 0. The molecular weight excluding hydrogens is 342 g/mol. The van der Waals surface area contributed by atoms with Crippen LogP contribution in [0.2, 0.25) is 0 Å². The SMILES string of the molecule is Cc1ccc(CCC(=O)NCCCN2C(=O)NC3(CCCC3)C2=O)c(C)c1. The molecule has 1 aromatic rings. The first-order chi connectivity index (χ1) is 12.9. The van der Waals surface area contributed by atoms with Crippen LogP contribution in [-0.2, 0) is 16.0 Å². The third-order valence-corrected chi connectivity index (χ3v) is 5.70. The fourth-order valence-corrected chi connectivity index (χ4v) is 4.12. The molecule has 1 saturated heterocycles. The van der Waals surface area contributed by atoms with Crippen LogP contribution >= 0.6 is 0 Å². The molecule has 0 atom stereocenters. The van der Waals surface area contributed by atoms with Gasteiger partial charge in [-0.3, -0.25) is 14.5 Å². The maximum atomic E-state index is 12.5. The number of carbonyl (C=O) groups is 3. The number of carbonyl (C=O) groups excluding carboxylic acids is 3. The lowest BCUT2D eigenvalue weighted by Gasteiger charge is -2.20. The average Bonchev–Trinajstić information content (AvgIpc) is 3.18. The number of hydrogen-bond donors (Lipinski definition) is 2. The highest BCUT2D eigenvalue weighted by Gasteiger charge is 2.51. The molecule has 1 aliphatic heterocycles. The Morgan fingerprint density at radius 2 is 1.96 bits per heavy atom. The van der Waals surface area contributed by atoms with Gasteiger partial charge in [0.2, 0.25) is 5.91 Å². The van der Waals surface area contributed by atoms with E-state index in [0.29, 0.717) is 32.4 Å². The van der Waals surface area contributed by atoms with Crippen molar-refractivity contribution in [3.05, 3.63) is 34.9 Å². The summed E-state index contributed by atoms with van der Waals surface area (Å²) in [6.45, 7) is 4.94. The Morgan fingerprint density at radius 3 is 2.67 bits per heavy atom. The van der Waals surface area contributed by atoms with Gasteiger partial charge in [0.15, 0.2) is 0 Å². The highest BCUT2D eigenvalue weighted by Crippen LogP contribution is 2.34. The zero-order chi connectivity index (χ0) is 19.4. The predicted molar refractivity (Wildman–Crippen MR) is 103 cm³/mol. The highest BCUT2D eigenvalue weighted by molar-refractivity contribution is 6.07. The van der Waals surface area contributed by atoms with E-state index < -0.39 is 5.54 Å². The van der Waals surface area contributed by atoms with Crippen LogP contribution in [0.1, 0.15) is 55.2 Å². The quantitative estimate of drug-likeness (QED) is 0.571. The minimum absolute atomic E-state index is 0.000520. The van der Waals surface area contributed by atoms with Crippen LogP contribution in [0.3, 0.4) is 0 Å². The van der Waals surface area contributed by atoms with Crippen LogP contribution in [0, 0.1) is 13.8 Å². The number of nitrogens with zero attached hydrogens (tertiary/aromatic N) is 1. The molecular formula is C21H29N3O3. The molecule has 1 heterocycles. The van der Waals surface area contributed by atoms with Crippen LogP contribution in [0.4, 0.5) is 4.79 Å². The number of imide groups is 1. The molecule has 2 fully saturated rings. The molecule has 4 amide bonds. The van der Waals surface area contributed by atoms with E-state index in [1.165, 1.54) is 21.6 Å². The zero-order valence-electron chi connectivity index (χ0n) is 16.3. The van der Waals surface area contributed by atoms with Gasteiger partial charge in [0.25, 0.3) is 5.91 Å². The molecule has 0 unspecified atom stereocenters. The standard InChI is InChI=1S/C21H29N3O3/c1-15-6-7-17(16(2)14-15)8-9-18(25)22-12-5-13-24-19(26)21(23-20(24)27)10-3-4-11-21/h6-7,14H,3-5,8-13H2,1-2H3,(H,22,25)(H,23,27). The van der Waals surface area contributed by atoms with Crippen molar-refractivity contribution in [1.82, 2.24) is 15.5 Å². The zero-order valence-corrected chi connectivity index (χ0v) is 16.3. The van der Waals surface area contributed by atoms with Crippen molar-refractivity contribution in [2.45, 2.75) is 64.3 Å². The summed E-state index contributed by atoms with van der Waals surface area (Å²) in [5.74, 6) is -0.0920. The Bertz CT molecular complexity index is 738. The molecule has 6 nitrogen and oxygen atoms in total. The van der Waals surface area contributed by atoms with Crippen molar-refractivity contribution in [3.8, 4) is 0 Å². The fraction of sp³-hybridized carbons (Fsp3) is 0.571. The van der Waals surface area contributed by atoms with Gasteiger partial charge in [-0.15, -0.1) is 0 Å².